The van der Waals surface area contributed by atoms with Gasteiger partial charge in [0.1, 0.15) is 0 Å². The predicted octanol–water partition coefficient (Wildman–Crippen LogP) is 2.52. The maximum Gasteiger partial charge on any atom is 0.0737 e. The van der Waals surface area contributed by atoms with Gasteiger partial charge in [-0.1, -0.05) is 24.3 Å². The Morgan fingerprint density at radius 2 is 1.82 bits per heavy atom. The van der Waals surface area contributed by atoms with Crippen LogP contribution in [0.25, 0.3) is 0 Å². The van der Waals surface area contributed by atoms with Gasteiger partial charge < -0.3 is 5.11 Å². The highest BCUT2D eigenvalue weighted by Crippen LogP contribution is 2.35. The first-order valence-electron chi connectivity index (χ1n) is 6.86. The Balaban J connectivity index is 1.97. The van der Waals surface area contributed by atoms with E-state index >= 15 is 0 Å². The Morgan fingerprint density at radius 3 is 2.65 bits per heavy atom. The summed E-state index contributed by atoms with van der Waals surface area (Å²) in [4.78, 5) is 2.48. The molecule has 1 aliphatic heterocycles. The lowest BCUT2D eigenvalue weighted by Gasteiger charge is -2.31. The van der Waals surface area contributed by atoms with Crippen LogP contribution in [0.15, 0.2) is 24.3 Å². The molecule has 1 aromatic carbocycles. The van der Waals surface area contributed by atoms with Crippen LogP contribution < -0.4 is 0 Å². The summed E-state index contributed by atoms with van der Waals surface area (Å²) < 4.78 is 0. The monoisotopic (exact) mass is 231 g/mol. The van der Waals surface area contributed by atoms with Crippen molar-refractivity contribution in [1.29, 1.82) is 0 Å². The first kappa shape index (κ1) is 11.2. The number of rotatable bonds is 1. The maximum atomic E-state index is 10.4. The van der Waals surface area contributed by atoms with Crippen molar-refractivity contribution in [3.8, 4) is 0 Å². The number of benzene rings is 1. The van der Waals surface area contributed by atoms with Crippen LogP contribution in [-0.4, -0.2) is 29.2 Å². The normalized spacial score (nSPS) is 29.9. The Bertz CT molecular complexity index is 384. The van der Waals surface area contributed by atoms with Crippen molar-refractivity contribution in [3.05, 3.63) is 35.4 Å². The van der Waals surface area contributed by atoms with E-state index in [0.717, 1.165) is 32.4 Å². The van der Waals surface area contributed by atoms with E-state index in [-0.39, 0.29) is 12.1 Å². The Hall–Kier alpha value is -0.860. The molecule has 92 valence electrons. The summed E-state index contributed by atoms with van der Waals surface area (Å²) in [5, 5.41) is 10.4. The van der Waals surface area contributed by atoms with E-state index in [1.165, 1.54) is 24.0 Å². The van der Waals surface area contributed by atoms with Crippen molar-refractivity contribution >= 4 is 0 Å². The summed E-state index contributed by atoms with van der Waals surface area (Å²) in [6.45, 7) is 2.30. The zero-order valence-corrected chi connectivity index (χ0v) is 10.3. The molecule has 1 fully saturated rings. The van der Waals surface area contributed by atoms with Gasteiger partial charge in [0, 0.05) is 0 Å². The van der Waals surface area contributed by atoms with Gasteiger partial charge in [-0.2, -0.15) is 0 Å². The number of fused-ring (bicyclic) bond motifs is 1. The molecule has 2 unspecified atom stereocenters. The van der Waals surface area contributed by atoms with Gasteiger partial charge in [0.25, 0.3) is 0 Å². The van der Waals surface area contributed by atoms with Gasteiger partial charge in [0.15, 0.2) is 0 Å². The number of likely N-dealkylation sites (tertiary alicyclic amines) is 1. The summed E-state index contributed by atoms with van der Waals surface area (Å²) in [6.07, 6.45) is 5.56. The topological polar surface area (TPSA) is 23.5 Å². The molecule has 0 aromatic heterocycles. The molecule has 1 aliphatic carbocycles. The lowest BCUT2D eigenvalue weighted by molar-refractivity contribution is 0.0568. The second kappa shape index (κ2) is 4.79. The van der Waals surface area contributed by atoms with Crippen LogP contribution in [0, 0.1) is 0 Å². The molecule has 0 saturated carbocycles. The summed E-state index contributed by atoms with van der Waals surface area (Å²) in [7, 11) is 0. The molecule has 1 saturated heterocycles. The first-order chi connectivity index (χ1) is 8.36. The van der Waals surface area contributed by atoms with Crippen molar-refractivity contribution in [2.75, 3.05) is 13.1 Å². The van der Waals surface area contributed by atoms with Crippen molar-refractivity contribution in [2.45, 2.75) is 44.2 Å². The highest BCUT2D eigenvalue weighted by molar-refractivity contribution is 5.32. The summed E-state index contributed by atoms with van der Waals surface area (Å²) in [6, 6.07) is 8.93. The van der Waals surface area contributed by atoms with Crippen molar-refractivity contribution in [3.63, 3.8) is 0 Å². The van der Waals surface area contributed by atoms with E-state index in [2.05, 4.69) is 29.2 Å². The molecule has 2 atom stereocenters. The van der Waals surface area contributed by atoms with Gasteiger partial charge in [-0.3, -0.25) is 4.90 Å². The van der Waals surface area contributed by atoms with Crippen LogP contribution in [0.3, 0.4) is 0 Å². The van der Waals surface area contributed by atoms with E-state index < -0.39 is 0 Å². The molecule has 0 amide bonds. The zero-order chi connectivity index (χ0) is 11.7. The minimum Gasteiger partial charge on any atom is -0.391 e. The molecule has 2 heteroatoms. The SMILES string of the molecule is OC1CCCc2ccccc2C1N1CCCC1. The van der Waals surface area contributed by atoms with Crippen molar-refractivity contribution in [1.82, 2.24) is 4.90 Å². The minimum absolute atomic E-state index is 0.184. The Morgan fingerprint density at radius 1 is 1.06 bits per heavy atom. The quantitative estimate of drug-likeness (QED) is 0.751. The molecule has 3 rings (SSSR count). The van der Waals surface area contributed by atoms with Crippen LogP contribution in [0.5, 0.6) is 0 Å². The summed E-state index contributed by atoms with van der Waals surface area (Å²) >= 11 is 0. The van der Waals surface area contributed by atoms with Crippen LogP contribution in [0.2, 0.25) is 0 Å². The number of aliphatic hydroxyl groups excluding tert-OH is 1. The molecule has 0 spiro atoms. The molecule has 2 aliphatic rings. The summed E-state index contributed by atoms with van der Waals surface area (Å²) in [5.74, 6) is 0. The molecule has 2 nitrogen and oxygen atoms in total. The van der Waals surface area contributed by atoms with Gasteiger partial charge >= 0.3 is 0 Å². The second-order valence-electron chi connectivity index (χ2n) is 5.35. The molecular formula is C15H21NO. The standard InChI is InChI=1S/C15H21NO/c17-14-9-5-7-12-6-1-2-8-13(12)15(14)16-10-3-4-11-16/h1-2,6,8,14-15,17H,3-5,7,9-11H2. The number of aryl methyl sites for hydroxylation is 1. The van der Waals surface area contributed by atoms with Crippen LogP contribution in [0.4, 0.5) is 0 Å². The van der Waals surface area contributed by atoms with Gasteiger partial charge in [-0.15, -0.1) is 0 Å². The average Bonchev–Trinajstić information content (AvgIpc) is 2.80. The van der Waals surface area contributed by atoms with Crippen molar-refractivity contribution in [2.24, 2.45) is 0 Å². The molecular weight excluding hydrogens is 210 g/mol. The lowest BCUT2D eigenvalue weighted by Crippen LogP contribution is -2.34. The van der Waals surface area contributed by atoms with E-state index in [0.29, 0.717) is 0 Å². The van der Waals surface area contributed by atoms with Gasteiger partial charge in [0.05, 0.1) is 12.1 Å². The highest BCUT2D eigenvalue weighted by atomic mass is 16.3. The zero-order valence-electron chi connectivity index (χ0n) is 10.3. The number of nitrogens with zero attached hydrogens (tertiary/aromatic N) is 1. The number of aliphatic hydroxyl groups is 1. The van der Waals surface area contributed by atoms with Crippen LogP contribution >= 0.6 is 0 Å². The fraction of sp³-hybridized carbons (Fsp3) is 0.600. The minimum atomic E-state index is -0.184. The van der Waals surface area contributed by atoms with Crippen LogP contribution in [0.1, 0.15) is 42.9 Å². The average molecular weight is 231 g/mol. The molecule has 17 heavy (non-hydrogen) atoms. The van der Waals surface area contributed by atoms with E-state index in [4.69, 9.17) is 0 Å². The number of hydrogen-bond acceptors (Lipinski definition) is 2. The molecule has 0 radical (unpaired) electrons. The Labute approximate surface area is 103 Å². The fourth-order valence-electron chi connectivity index (χ4n) is 3.38. The number of hydrogen-bond donors (Lipinski definition) is 1. The van der Waals surface area contributed by atoms with Crippen molar-refractivity contribution < 1.29 is 5.11 Å². The summed E-state index contributed by atoms with van der Waals surface area (Å²) in [5.41, 5.74) is 2.82. The first-order valence-corrected chi connectivity index (χ1v) is 6.86. The van der Waals surface area contributed by atoms with Crippen LogP contribution in [-0.2, 0) is 6.42 Å². The molecule has 1 heterocycles. The lowest BCUT2D eigenvalue weighted by atomic mass is 9.96. The largest absolute Gasteiger partial charge is 0.391 e. The molecule has 1 N–H and O–H groups in total. The Kier molecular flexibility index (Phi) is 3.17. The smallest absolute Gasteiger partial charge is 0.0737 e. The van der Waals surface area contributed by atoms with E-state index in [1.807, 2.05) is 0 Å². The molecule has 0 bridgehead atoms. The van der Waals surface area contributed by atoms with E-state index in [1.54, 1.807) is 0 Å². The second-order valence-corrected chi connectivity index (χ2v) is 5.35. The molecule has 1 aromatic rings. The van der Waals surface area contributed by atoms with Gasteiger partial charge in [-0.25, -0.2) is 0 Å². The third-order valence-corrected chi connectivity index (χ3v) is 4.22. The fourth-order valence-corrected chi connectivity index (χ4v) is 3.38. The third-order valence-electron chi connectivity index (χ3n) is 4.22. The third kappa shape index (κ3) is 2.12. The van der Waals surface area contributed by atoms with Gasteiger partial charge in [-0.05, 0) is 56.3 Å². The van der Waals surface area contributed by atoms with E-state index in [9.17, 15) is 5.11 Å². The van der Waals surface area contributed by atoms with Gasteiger partial charge in [0.2, 0.25) is 0 Å². The maximum absolute atomic E-state index is 10.4. The predicted molar refractivity (Wildman–Crippen MR) is 68.9 cm³/mol. The highest BCUT2D eigenvalue weighted by Gasteiger charge is 2.32.